The van der Waals surface area contributed by atoms with Gasteiger partial charge in [-0.15, -0.1) is 0 Å². The molecule has 0 N–H and O–H groups in total. The molecule has 0 amide bonds. The van der Waals surface area contributed by atoms with Gasteiger partial charge in [0, 0.05) is 18.1 Å². The molecule has 0 spiro atoms. The van der Waals surface area contributed by atoms with E-state index in [-0.39, 0.29) is 0 Å². The van der Waals surface area contributed by atoms with Crippen molar-refractivity contribution in [1.82, 2.24) is 0 Å². The summed E-state index contributed by atoms with van der Waals surface area (Å²) < 4.78 is 17.7. The molecule has 3 rings (SSSR count). The van der Waals surface area contributed by atoms with Gasteiger partial charge in [-0.3, -0.25) is 0 Å². The molecule has 1 heterocycles. The minimum absolute atomic E-state index is 0.594. The second kappa shape index (κ2) is 6.48. The molecule has 4 nitrogen and oxygen atoms in total. The van der Waals surface area contributed by atoms with E-state index >= 15 is 0 Å². The third kappa shape index (κ3) is 2.99. The molecule has 0 saturated heterocycles. The van der Waals surface area contributed by atoms with Gasteiger partial charge in [0.1, 0.15) is 19.0 Å². The maximum atomic E-state index is 5.66. The summed E-state index contributed by atoms with van der Waals surface area (Å²) in [6, 6.07) is 12.0. The van der Waals surface area contributed by atoms with Gasteiger partial charge in [-0.05, 0) is 29.8 Å². The van der Waals surface area contributed by atoms with Crippen molar-refractivity contribution in [2.24, 2.45) is 0 Å². The molecule has 1 aliphatic rings. The Morgan fingerprint density at radius 3 is 2.55 bits per heavy atom. The van der Waals surface area contributed by atoms with E-state index in [1.54, 1.807) is 7.11 Å². The fourth-order valence-electron chi connectivity index (χ4n) is 2.51. The number of ether oxygens (including phenoxy) is 3. The standard InChI is InChI=1S/C17H18BrNO3/c1-19(14-5-3-4-6-15(14)20-2)11-12-9-16-17(10-13(12)18)22-8-7-21-16/h3-6,9-10H,7-8,11H2,1-2H3. The number of hydrogen-bond acceptors (Lipinski definition) is 4. The highest BCUT2D eigenvalue weighted by molar-refractivity contribution is 9.10. The lowest BCUT2D eigenvalue weighted by molar-refractivity contribution is 0.171. The third-order valence-electron chi connectivity index (χ3n) is 3.62. The number of methoxy groups -OCH3 is 1. The summed E-state index contributed by atoms with van der Waals surface area (Å²) in [6.07, 6.45) is 0. The molecule has 2 aromatic rings. The maximum Gasteiger partial charge on any atom is 0.162 e. The lowest BCUT2D eigenvalue weighted by atomic mass is 10.1. The van der Waals surface area contributed by atoms with Crippen molar-refractivity contribution < 1.29 is 14.2 Å². The van der Waals surface area contributed by atoms with Crippen molar-refractivity contribution in [2.75, 3.05) is 32.3 Å². The van der Waals surface area contributed by atoms with Crippen LogP contribution in [0.5, 0.6) is 17.2 Å². The fourth-order valence-corrected chi connectivity index (χ4v) is 2.96. The van der Waals surface area contributed by atoms with Crippen LogP contribution in [-0.4, -0.2) is 27.4 Å². The summed E-state index contributed by atoms with van der Waals surface area (Å²) in [5, 5.41) is 0. The largest absolute Gasteiger partial charge is 0.495 e. The summed E-state index contributed by atoms with van der Waals surface area (Å²) in [4.78, 5) is 2.15. The first-order valence-electron chi connectivity index (χ1n) is 7.11. The minimum atomic E-state index is 0.594. The molecular weight excluding hydrogens is 346 g/mol. The van der Waals surface area contributed by atoms with Crippen molar-refractivity contribution >= 4 is 21.6 Å². The van der Waals surface area contributed by atoms with Crippen LogP contribution in [0.2, 0.25) is 0 Å². The molecule has 0 aromatic heterocycles. The smallest absolute Gasteiger partial charge is 0.162 e. The Bertz CT molecular complexity index is 675. The molecule has 0 bridgehead atoms. The number of para-hydroxylation sites is 2. The highest BCUT2D eigenvalue weighted by Gasteiger charge is 2.16. The average Bonchev–Trinajstić information content (AvgIpc) is 2.55. The Kier molecular flexibility index (Phi) is 4.43. The SMILES string of the molecule is COc1ccccc1N(C)Cc1cc2c(cc1Br)OCCO2. The predicted octanol–water partition coefficient (Wildman–Crippen LogP) is 3.87. The van der Waals surface area contributed by atoms with Crippen LogP contribution in [0, 0.1) is 0 Å². The molecule has 0 atom stereocenters. The summed E-state index contributed by atoms with van der Waals surface area (Å²) in [5.74, 6) is 2.46. The first-order chi connectivity index (χ1) is 10.7. The molecule has 22 heavy (non-hydrogen) atoms. The van der Waals surface area contributed by atoms with Gasteiger partial charge in [-0.25, -0.2) is 0 Å². The van der Waals surface area contributed by atoms with Crippen LogP contribution >= 0.6 is 15.9 Å². The number of rotatable bonds is 4. The van der Waals surface area contributed by atoms with Crippen LogP contribution in [-0.2, 0) is 6.54 Å². The van der Waals surface area contributed by atoms with E-state index in [0.29, 0.717) is 13.2 Å². The number of nitrogens with zero attached hydrogens (tertiary/aromatic N) is 1. The molecule has 0 unspecified atom stereocenters. The van der Waals surface area contributed by atoms with Crippen LogP contribution in [0.25, 0.3) is 0 Å². The van der Waals surface area contributed by atoms with Gasteiger partial charge in [-0.2, -0.15) is 0 Å². The molecule has 2 aromatic carbocycles. The second-order valence-corrected chi connectivity index (χ2v) is 5.97. The minimum Gasteiger partial charge on any atom is -0.495 e. The van der Waals surface area contributed by atoms with E-state index in [0.717, 1.165) is 39.5 Å². The van der Waals surface area contributed by atoms with Crippen molar-refractivity contribution in [3.8, 4) is 17.2 Å². The molecule has 0 aliphatic carbocycles. The van der Waals surface area contributed by atoms with Crippen LogP contribution in [0.3, 0.4) is 0 Å². The van der Waals surface area contributed by atoms with Crippen molar-refractivity contribution in [3.05, 3.63) is 46.4 Å². The quantitative estimate of drug-likeness (QED) is 0.824. The molecule has 0 fully saturated rings. The Morgan fingerprint density at radius 2 is 1.82 bits per heavy atom. The summed E-state index contributed by atoms with van der Waals surface area (Å²) >= 11 is 3.62. The van der Waals surface area contributed by atoms with Crippen molar-refractivity contribution in [1.29, 1.82) is 0 Å². The molecule has 0 saturated carbocycles. The first-order valence-corrected chi connectivity index (χ1v) is 7.90. The number of benzene rings is 2. The molecule has 1 aliphatic heterocycles. The van der Waals surface area contributed by atoms with E-state index in [1.165, 1.54) is 0 Å². The van der Waals surface area contributed by atoms with Gasteiger partial charge in [0.25, 0.3) is 0 Å². The van der Waals surface area contributed by atoms with E-state index < -0.39 is 0 Å². The Morgan fingerprint density at radius 1 is 1.14 bits per heavy atom. The van der Waals surface area contributed by atoms with Gasteiger partial charge in [0.2, 0.25) is 0 Å². The molecule has 5 heteroatoms. The predicted molar refractivity (Wildman–Crippen MR) is 90.2 cm³/mol. The van der Waals surface area contributed by atoms with E-state index in [1.807, 2.05) is 43.4 Å². The van der Waals surface area contributed by atoms with Gasteiger partial charge in [0.15, 0.2) is 11.5 Å². The third-order valence-corrected chi connectivity index (χ3v) is 4.35. The van der Waals surface area contributed by atoms with Crippen LogP contribution in [0.15, 0.2) is 40.9 Å². The number of halogens is 1. The topological polar surface area (TPSA) is 30.9 Å². The molecule has 116 valence electrons. The normalized spacial score (nSPS) is 12.9. The highest BCUT2D eigenvalue weighted by Crippen LogP contribution is 2.37. The Hall–Kier alpha value is -1.88. The average molecular weight is 364 g/mol. The summed E-state index contributed by atoms with van der Waals surface area (Å²) in [7, 11) is 3.73. The van der Waals surface area contributed by atoms with Gasteiger partial charge in [0.05, 0.1) is 12.8 Å². The number of anilines is 1. The maximum absolute atomic E-state index is 5.66. The number of hydrogen-bond donors (Lipinski definition) is 0. The Labute approximate surface area is 138 Å². The van der Waals surface area contributed by atoms with E-state index in [2.05, 4.69) is 20.8 Å². The lowest BCUT2D eigenvalue weighted by Gasteiger charge is -2.24. The lowest BCUT2D eigenvalue weighted by Crippen LogP contribution is -2.19. The van der Waals surface area contributed by atoms with Crippen molar-refractivity contribution in [3.63, 3.8) is 0 Å². The van der Waals surface area contributed by atoms with E-state index in [9.17, 15) is 0 Å². The van der Waals surface area contributed by atoms with Crippen LogP contribution in [0.1, 0.15) is 5.56 Å². The summed E-state index contributed by atoms with van der Waals surface area (Å²) in [6.45, 7) is 1.92. The zero-order valence-electron chi connectivity index (χ0n) is 12.6. The van der Waals surface area contributed by atoms with Crippen LogP contribution in [0.4, 0.5) is 5.69 Å². The number of fused-ring (bicyclic) bond motifs is 1. The molecule has 0 radical (unpaired) electrons. The van der Waals surface area contributed by atoms with Crippen LogP contribution < -0.4 is 19.1 Å². The zero-order chi connectivity index (χ0) is 15.5. The van der Waals surface area contributed by atoms with E-state index in [4.69, 9.17) is 14.2 Å². The Balaban J connectivity index is 1.86. The van der Waals surface area contributed by atoms with Gasteiger partial charge < -0.3 is 19.1 Å². The summed E-state index contributed by atoms with van der Waals surface area (Å²) in [5.41, 5.74) is 2.18. The van der Waals surface area contributed by atoms with Crippen molar-refractivity contribution in [2.45, 2.75) is 6.54 Å². The first kappa shape index (κ1) is 15.0. The zero-order valence-corrected chi connectivity index (χ0v) is 14.2. The highest BCUT2D eigenvalue weighted by atomic mass is 79.9. The second-order valence-electron chi connectivity index (χ2n) is 5.12. The molecular formula is C17H18BrNO3. The fraction of sp³-hybridized carbons (Fsp3) is 0.294. The van der Waals surface area contributed by atoms with Gasteiger partial charge >= 0.3 is 0 Å². The van der Waals surface area contributed by atoms with Gasteiger partial charge in [-0.1, -0.05) is 28.1 Å². The monoisotopic (exact) mass is 363 g/mol.